The molecule has 144 valence electrons. The second kappa shape index (κ2) is 8.40. The summed E-state index contributed by atoms with van der Waals surface area (Å²) < 4.78 is 6.89. The fourth-order valence-corrected chi connectivity index (χ4v) is 3.84. The maximum Gasteiger partial charge on any atom is 0.274 e. The Morgan fingerprint density at radius 3 is 2.39 bits per heavy atom. The van der Waals surface area contributed by atoms with Crippen molar-refractivity contribution in [1.82, 2.24) is 14.7 Å². The van der Waals surface area contributed by atoms with Crippen molar-refractivity contribution in [1.29, 1.82) is 0 Å². The molecule has 0 unspecified atom stereocenters. The minimum absolute atomic E-state index is 0.0193. The van der Waals surface area contributed by atoms with E-state index in [0.717, 1.165) is 43.8 Å². The van der Waals surface area contributed by atoms with E-state index in [1.54, 1.807) is 24.1 Å². The second-order valence-electron chi connectivity index (χ2n) is 7.22. The molecule has 4 rings (SSSR count). The number of hydrogen-bond acceptors (Lipinski definition) is 4. The van der Waals surface area contributed by atoms with E-state index in [1.807, 2.05) is 30.3 Å². The SMILES string of the molecule is COc1ccc(-c2ccnn(C3CCN(Cc4ccccc4)CC3)c2=O)cc1. The lowest BCUT2D eigenvalue weighted by atomic mass is 10.0. The molecule has 1 aliphatic rings. The van der Waals surface area contributed by atoms with Gasteiger partial charge in [0.2, 0.25) is 0 Å². The zero-order valence-corrected chi connectivity index (χ0v) is 16.1. The minimum atomic E-state index is -0.0193. The van der Waals surface area contributed by atoms with Crippen LogP contribution >= 0.6 is 0 Å². The molecule has 3 aromatic rings. The van der Waals surface area contributed by atoms with Gasteiger partial charge in [-0.25, -0.2) is 4.68 Å². The van der Waals surface area contributed by atoms with Crippen LogP contribution in [0.15, 0.2) is 71.7 Å². The Bertz CT molecular complexity index is 959. The van der Waals surface area contributed by atoms with Crippen molar-refractivity contribution in [3.05, 3.63) is 82.8 Å². The Morgan fingerprint density at radius 1 is 1.00 bits per heavy atom. The molecule has 0 N–H and O–H groups in total. The third kappa shape index (κ3) is 3.99. The Morgan fingerprint density at radius 2 is 1.71 bits per heavy atom. The average Bonchev–Trinajstić information content (AvgIpc) is 2.75. The van der Waals surface area contributed by atoms with Gasteiger partial charge in [-0.1, -0.05) is 42.5 Å². The van der Waals surface area contributed by atoms with Crippen LogP contribution in [-0.2, 0) is 6.54 Å². The molecule has 0 spiro atoms. The largest absolute Gasteiger partial charge is 0.497 e. The molecule has 2 aromatic carbocycles. The molecule has 0 aliphatic carbocycles. The molecule has 1 fully saturated rings. The zero-order valence-electron chi connectivity index (χ0n) is 16.1. The molecule has 1 saturated heterocycles. The number of benzene rings is 2. The normalized spacial score (nSPS) is 15.5. The number of rotatable bonds is 5. The number of piperidine rings is 1. The first-order valence-electron chi connectivity index (χ1n) is 9.73. The van der Waals surface area contributed by atoms with Gasteiger partial charge in [-0.2, -0.15) is 5.10 Å². The van der Waals surface area contributed by atoms with Crippen LogP contribution in [0.3, 0.4) is 0 Å². The van der Waals surface area contributed by atoms with Crippen LogP contribution in [0.4, 0.5) is 0 Å². The van der Waals surface area contributed by atoms with Crippen molar-refractivity contribution in [2.24, 2.45) is 0 Å². The highest BCUT2D eigenvalue weighted by atomic mass is 16.5. The monoisotopic (exact) mass is 375 g/mol. The van der Waals surface area contributed by atoms with Crippen molar-refractivity contribution in [2.75, 3.05) is 20.2 Å². The molecular formula is C23H25N3O2. The summed E-state index contributed by atoms with van der Waals surface area (Å²) in [5.41, 5.74) is 2.89. The summed E-state index contributed by atoms with van der Waals surface area (Å²) in [5, 5.41) is 4.39. The molecule has 0 bridgehead atoms. The highest BCUT2D eigenvalue weighted by Gasteiger charge is 2.23. The topological polar surface area (TPSA) is 47.4 Å². The molecule has 2 heterocycles. The Kier molecular flexibility index (Phi) is 5.53. The zero-order chi connectivity index (χ0) is 19.3. The molecule has 1 aliphatic heterocycles. The number of nitrogens with zero attached hydrogens (tertiary/aromatic N) is 3. The van der Waals surface area contributed by atoms with Gasteiger partial charge in [0.15, 0.2) is 0 Å². The lowest BCUT2D eigenvalue weighted by Gasteiger charge is -2.32. The van der Waals surface area contributed by atoms with Crippen LogP contribution in [0, 0.1) is 0 Å². The third-order valence-corrected chi connectivity index (χ3v) is 5.42. The van der Waals surface area contributed by atoms with Crippen LogP contribution in [0.5, 0.6) is 5.75 Å². The summed E-state index contributed by atoms with van der Waals surface area (Å²) in [6, 6.07) is 20.1. The highest BCUT2D eigenvalue weighted by Crippen LogP contribution is 2.24. The van der Waals surface area contributed by atoms with Crippen molar-refractivity contribution in [3.8, 4) is 16.9 Å². The predicted molar refractivity (Wildman–Crippen MR) is 110 cm³/mol. The first-order valence-corrected chi connectivity index (χ1v) is 9.73. The summed E-state index contributed by atoms with van der Waals surface area (Å²) >= 11 is 0. The van der Waals surface area contributed by atoms with Crippen molar-refractivity contribution in [2.45, 2.75) is 25.4 Å². The van der Waals surface area contributed by atoms with Gasteiger partial charge in [0.25, 0.3) is 5.56 Å². The summed E-state index contributed by atoms with van der Waals surface area (Å²) in [5.74, 6) is 0.781. The summed E-state index contributed by atoms with van der Waals surface area (Å²) in [6.07, 6.45) is 3.61. The molecule has 0 atom stereocenters. The molecule has 0 saturated carbocycles. The quantitative estimate of drug-likeness (QED) is 0.681. The van der Waals surface area contributed by atoms with E-state index >= 15 is 0 Å². The standard InChI is InChI=1S/C23H25N3O2/c1-28-21-9-7-19(8-10-21)22-11-14-24-26(23(22)27)20-12-15-25(16-13-20)17-18-5-3-2-4-6-18/h2-11,14,20H,12-13,15-17H2,1H3. The van der Waals surface area contributed by atoms with Crippen LogP contribution in [0.1, 0.15) is 24.4 Å². The first-order chi connectivity index (χ1) is 13.7. The maximum atomic E-state index is 13.1. The Labute approximate surface area is 165 Å². The van der Waals surface area contributed by atoms with E-state index < -0.39 is 0 Å². The van der Waals surface area contributed by atoms with Crippen molar-refractivity contribution < 1.29 is 4.74 Å². The number of aromatic nitrogens is 2. The molecule has 0 radical (unpaired) electrons. The number of methoxy groups -OCH3 is 1. The summed E-state index contributed by atoms with van der Waals surface area (Å²) in [4.78, 5) is 15.5. The molecule has 1 aromatic heterocycles. The van der Waals surface area contributed by atoms with Gasteiger partial charge < -0.3 is 4.74 Å². The van der Waals surface area contributed by atoms with Crippen molar-refractivity contribution >= 4 is 0 Å². The lowest BCUT2D eigenvalue weighted by Crippen LogP contribution is -2.38. The van der Waals surface area contributed by atoms with Gasteiger partial charge in [-0.15, -0.1) is 0 Å². The van der Waals surface area contributed by atoms with Gasteiger partial charge in [0.05, 0.1) is 18.7 Å². The molecule has 5 heteroatoms. The molecule has 0 amide bonds. The fraction of sp³-hybridized carbons (Fsp3) is 0.304. The van der Waals surface area contributed by atoms with E-state index in [-0.39, 0.29) is 11.6 Å². The minimum Gasteiger partial charge on any atom is -0.497 e. The highest BCUT2D eigenvalue weighted by molar-refractivity contribution is 5.62. The third-order valence-electron chi connectivity index (χ3n) is 5.42. The van der Waals surface area contributed by atoms with Gasteiger partial charge in [0, 0.05) is 25.8 Å². The smallest absolute Gasteiger partial charge is 0.274 e. The van der Waals surface area contributed by atoms with Gasteiger partial charge >= 0.3 is 0 Å². The van der Waals surface area contributed by atoms with Crippen LogP contribution in [-0.4, -0.2) is 34.9 Å². The van der Waals surface area contributed by atoms with Gasteiger partial charge in [0.1, 0.15) is 5.75 Å². The number of hydrogen-bond donors (Lipinski definition) is 0. The molecule has 5 nitrogen and oxygen atoms in total. The van der Waals surface area contributed by atoms with Crippen LogP contribution in [0.2, 0.25) is 0 Å². The van der Waals surface area contributed by atoms with E-state index in [4.69, 9.17) is 4.74 Å². The van der Waals surface area contributed by atoms with Gasteiger partial charge in [-0.3, -0.25) is 9.69 Å². The molecular weight excluding hydrogens is 350 g/mol. The number of ether oxygens (including phenoxy) is 1. The van der Waals surface area contributed by atoms with Crippen LogP contribution < -0.4 is 10.3 Å². The number of likely N-dealkylation sites (tertiary alicyclic amines) is 1. The summed E-state index contributed by atoms with van der Waals surface area (Å²) in [6.45, 7) is 2.91. The van der Waals surface area contributed by atoms with E-state index in [0.29, 0.717) is 5.56 Å². The maximum absolute atomic E-state index is 13.1. The first kappa shape index (κ1) is 18.4. The Balaban J connectivity index is 1.47. The van der Waals surface area contributed by atoms with E-state index in [1.165, 1.54) is 5.56 Å². The van der Waals surface area contributed by atoms with Crippen LogP contribution in [0.25, 0.3) is 11.1 Å². The van der Waals surface area contributed by atoms with Crippen molar-refractivity contribution in [3.63, 3.8) is 0 Å². The molecule has 28 heavy (non-hydrogen) atoms. The average molecular weight is 375 g/mol. The lowest BCUT2D eigenvalue weighted by molar-refractivity contribution is 0.170. The predicted octanol–water partition coefficient (Wildman–Crippen LogP) is 3.76. The fourth-order valence-electron chi connectivity index (χ4n) is 3.84. The van der Waals surface area contributed by atoms with E-state index in [9.17, 15) is 4.79 Å². The second-order valence-corrected chi connectivity index (χ2v) is 7.22. The Hall–Kier alpha value is -2.92. The van der Waals surface area contributed by atoms with E-state index in [2.05, 4.69) is 34.3 Å². The van der Waals surface area contributed by atoms with Gasteiger partial charge in [-0.05, 0) is 42.2 Å². The summed E-state index contributed by atoms with van der Waals surface area (Å²) in [7, 11) is 1.64.